The average molecular weight is 310 g/mol. The number of aliphatic carboxylic acids is 1. The van der Waals surface area contributed by atoms with Crippen molar-refractivity contribution in [2.75, 3.05) is 6.54 Å². The van der Waals surface area contributed by atoms with Crippen LogP contribution in [0.3, 0.4) is 0 Å². The maximum Gasteiger partial charge on any atom is 0.478 e. The number of hydrogen-bond donors (Lipinski definition) is 4. The fraction of sp³-hybridized carbons (Fsp3) is 0.538. The molecule has 1 amide bonds. The van der Waals surface area contributed by atoms with E-state index in [2.05, 4.69) is 5.32 Å². The third-order valence-electron chi connectivity index (χ3n) is 3.57. The maximum absolute atomic E-state index is 12.0. The van der Waals surface area contributed by atoms with Crippen molar-refractivity contribution < 1.29 is 29.6 Å². The van der Waals surface area contributed by atoms with Gasteiger partial charge in [-0.15, -0.1) is 0 Å². The van der Waals surface area contributed by atoms with E-state index >= 15 is 0 Å². The molecule has 0 bridgehead atoms. The number of nitrogens with zero attached hydrogens (tertiary/aromatic N) is 1. The van der Waals surface area contributed by atoms with Gasteiger partial charge in [-0.05, 0) is 24.5 Å². The Kier molecular flexibility index (Phi) is 5.59. The van der Waals surface area contributed by atoms with Crippen LogP contribution in [0, 0.1) is 0 Å². The van der Waals surface area contributed by atoms with Crippen LogP contribution in [0.4, 0.5) is 0 Å². The normalized spacial score (nSPS) is 24.9. The molecule has 1 saturated heterocycles. The SMILES string of the molecule is O=C(O)C[C@@H]1CC[C@H](NC(=O)CC2=CC=CN(O)C2)B(O)O1. The van der Waals surface area contributed by atoms with E-state index in [1.807, 2.05) is 0 Å². The number of carbonyl (C=O) groups is 2. The predicted molar refractivity (Wildman–Crippen MR) is 76.6 cm³/mol. The Morgan fingerprint density at radius 1 is 1.45 bits per heavy atom. The van der Waals surface area contributed by atoms with E-state index in [1.165, 1.54) is 6.20 Å². The maximum atomic E-state index is 12.0. The van der Waals surface area contributed by atoms with Gasteiger partial charge in [0.1, 0.15) is 0 Å². The predicted octanol–water partition coefficient (Wildman–Crippen LogP) is -0.320. The first-order chi connectivity index (χ1) is 10.4. The first kappa shape index (κ1) is 16.5. The van der Waals surface area contributed by atoms with Crippen molar-refractivity contribution in [3.05, 3.63) is 23.9 Å². The van der Waals surface area contributed by atoms with Crippen LogP contribution in [0.25, 0.3) is 0 Å². The number of nitrogens with one attached hydrogen (secondary N) is 1. The topological polar surface area (TPSA) is 119 Å². The van der Waals surface area contributed by atoms with E-state index in [9.17, 15) is 19.8 Å². The zero-order chi connectivity index (χ0) is 16.1. The molecule has 2 aliphatic heterocycles. The summed E-state index contributed by atoms with van der Waals surface area (Å²) in [6, 6.07) is 0. The Hall–Kier alpha value is -1.84. The smallest absolute Gasteiger partial charge is 0.478 e. The molecular formula is C13H19BN2O6. The summed E-state index contributed by atoms with van der Waals surface area (Å²) in [5.74, 6) is -1.81. The summed E-state index contributed by atoms with van der Waals surface area (Å²) in [6.45, 7) is 0.258. The largest absolute Gasteiger partial charge is 0.481 e. The fourth-order valence-corrected chi connectivity index (χ4v) is 2.53. The van der Waals surface area contributed by atoms with Gasteiger partial charge < -0.3 is 20.1 Å². The second kappa shape index (κ2) is 7.43. The fourth-order valence-electron chi connectivity index (χ4n) is 2.53. The Morgan fingerprint density at radius 2 is 2.23 bits per heavy atom. The number of hydroxylamine groups is 2. The van der Waals surface area contributed by atoms with Gasteiger partial charge in [0.25, 0.3) is 0 Å². The van der Waals surface area contributed by atoms with Crippen molar-refractivity contribution in [2.45, 2.75) is 37.7 Å². The van der Waals surface area contributed by atoms with E-state index in [4.69, 9.17) is 9.76 Å². The number of carbonyl (C=O) groups excluding carboxylic acids is 1. The van der Waals surface area contributed by atoms with Crippen LogP contribution in [-0.2, 0) is 14.2 Å². The number of carboxylic acids is 1. The Balaban J connectivity index is 1.79. The summed E-state index contributed by atoms with van der Waals surface area (Å²) in [7, 11) is -1.21. The number of amides is 1. The molecule has 2 aliphatic rings. The van der Waals surface area contributed by atoms with Gasteiger partial charge in [0, 0.05) is 12.6 Å². The van der Waals surface area contributed by atoms with Crippen molar-refractivity contribution in [1.82, 2.24) is 10.4 Å². The minimum Gasteiger partial charge on any atom is -0.481 e. The summed E-state index contributed by atoms with van der Waals surface area (Å²) in [4.78, 5) is 22.6. The first-order valence-corrected chi connectivity index (χ1v) is 7.10. The summed E-state index contributed by atoms with van der Waals surface area (Å²) in [5.41, 5.74) is 0.748. The van der Waals surface area contributed by atoms with Crippen LogP contribution in [-0.4, -0.2) is 58.0 Å². The molecule has 1 fully saturated rings. The molecule has 8 nitrogen and oxygen atoms in total. The average Bonchev–Trinajstić information content (AvgIpc) is 2.41. The van der Waals surface area contributed by atoms with Gasteiger partial charge in [-0.2, -0.15) is 0 Å². The third-order valence-corrected chi connectivity index (χ3v) is 3.57. The Morgan fingerprint density at radius 3 is 2.86 bits per heavy atom. The third kappa shape index (κ3) is 4.87. The van der Waals surface area contributed by atoms with Crippen molar-refractivity contribution in [2.24, 2.45) is 0 Å². The Labute approximate surface area is 128 Å². The lowest BCUT2D eigenvalue weighted by Gasteiger charge is -2.31. The van der Waals surface area contributed by atoms with Gasteiger partial charge in [-0.1, -0.05) is 6.08 Å². The molecule has 9 heteroatoms. The number of rotatable bonds is 5. The lowest BCUT2D eigenvalue weighted by molar-refractivity contribution is -0.139. The summed E-state index contributed by atoms with van der Waals surface area (Å²) in [5, 5.41) is 31.5. The van der Waals surface area contributed by atoms with Crippen LogP contribution in [0.2, 0.25) is 0 Å². The molecule has 22 heavy (non-hydrogen) atoms. The van der Waals surface area contributed by atoms with Crippen LogP contribution in [0.1, 0.15) is 25.7 Å². The lowest BCUT2D eigenvalue weighted by atomic mass is 9.72. The van der Waals surface area contributed by atoms with Crippen molar-refractivity contribution in [3.63, 3.8) is 0 Å². The quantitative estimate of drug-likeness (QED) is 0.514. The molecule has 4 N–H and O–H groups in total. The summed E-state index contributed by atoms with van der Waals surface area (Å²) < 4.78 is 5.20. The second-order valence-electron chi connectivity index (χ2n) is 5.44. The van der Waals surface area contributed by atoms with Gasteiger partial charge >= 0.3 is 13.1 Å². The molecule has 0 radical (unpaired) electrons. The van der Waals surface area contributed by atoms with Crippen LogP contribution < -0.4 is 5.32 Å². The number of allylic oxidation sites excluding steroid dienone is 2. The zero-order valence-corrected chi connectivity index (χ0v) is 12.0. The highest BCUT2D eigenvalue weighted by atomic mass is 16.5. The molecule has 0 aromatic carbocycles. The molecule has 0 aromatic heterocycles. The van der Waals surface area contributed by atoms with E-state index in [1.54, 1.807) is 12.2 Å². The molecular weight excluding hydrogens is 291 g/mol. The molecule has 0 unspecified atom stereocenters. The lowest BCUT2D eigenvalue weighted by Crippen LogP contribution is -2.53. The van der Waals surface area contributed by atoms with Crippen LogP contribution >= 0.6 is 0 Å². The molecule has 0 saturated carbocycles. The van der Waals surface area contributed by atoms with Crippen molar-refractivity contribution in [1.29, 1.82) is 0 Å². The highest BCUT2D eigenvalue weighted by Gasteiger charge is 2.36. The molecule has 0 aliphatic carbocycles. The molecule has 0 aromatic rings. The molecule has 2 rings (SSSR count). The Bertz CT molecular complexity index is 495. The van der Waals surface area contributed by atoms with Crippen LogP contribution in [0.15, 0.2) is 23.9 Å². The molecule has 120 valence electrons. The minimum atomic E-state index is -1.21. The number of hydrogen-bond acceptors (Lipinski definition) is 6. The molecule has 2 atom stereocenters. The second-order valence-corrected chi connectivity index (χ2v) is 5.44. The number of carboxylic acid groups (broad SMARTS) is 1. The van der Waals surface area contributed by atoms with Gasteiger partial charge in [0.15, 0.2) is 0 Å². The summed E-state index contributed by atoms with van der Waals surface area (Å²) >= 11 is 0. The zero-order valence-electron chi connectivity index (χ0n) is 12.0. The van der Waals surface area contributed by atoms with E-state index < -0.39 is 25.1 Å². The van der Waals surface area contributed by atoms with E-state index in [0.29, 0.717) is 12.8 Å². The summed E-state index contributed by atoms with van der Waals surface area (Å²) in [6.07, 6.45) is 5.22. The van der Waals surface area contributed by atoms with Crippen molar-refractivity contribution in [3.8, 4) is 0 Å². The van der Waals surface area contributed by atoms with Crippen LogP contribution in [0.5, 0.6) is 0 Å². The van der Waals surface area contributed by atoms with Gasteiger partial charge in [-0.25, -0.2) is 0 Å². The van der Waals surface area contributed by atoms with E-state index in [0.717, 1.165) is 10.6 Å². The first-order valence-electron chi connectivity index (χ1n) is 7.10. The van der Waals surface area contributed by atoms with Gasteiger partial charge in [-0.3, -0.25) is 19.9 Å². The minimum absolute atomic E-state index is 0.114. The van der Waals surface area contributed by atoms with Crippen molar-refractivity contribution >= 4 is 19.0 Å². The van der Waals surface area contributed by atoms with Gasteiger partial charge in [0.05, 0.1) is 25.0 Å². The standard InChI is InChI=1S/C13H19BN2O6/c17-12(6-9-2-1-5-16(21)8-9)15-11-4-3-10(7-13(18)19)22-14(11)20/h1-2,5,10-11,20-21H,3-4,6-8H2,(H,15,17)(H,18,19)/t10-,11-/m0/s1. The molecule has 0 spiro atoms. The highest BCUT2D eigenvalue weighted by molar-refractivity contribution is 6.45. The monoisotopic (exact) mass is 310 g/mol. The highest BCUT2D eigenvalue weighted by Crippen LogP contribution is 2.19. The van der Waals surface area contributed by atoms with E-state index in [-0.39, 0.29) is 25.3 Å². The molecule has 2 heterocycles. The van der Waals surface area contributed by atoms with Gasteiger partial charge in [0.2, 0.25) is 5.91 Å².